The van der Waals surface area contributed by atoms with Crippen molar-refractivity contribution in [1.82, 2.24) is 5.32 Å². The molecule has 0 saturated heterocycles. The molecule has 0 unspecified atom stereocenters. The third-order valence-corrected chi connectivity index (χ3v) is 4.30. The van der Waals surface area contributed by atoms with Crippen LogP contribution in [-0.2, 0) is 4.79 Å². The molecule has 2 aromatic carbocycles. The first-order valence-corrected chi connectivity index (χ1v) is 8.63. The first-order chi connectivity index (χ1) is 13.0. The molecule has 0 heterocycles. The van der Waals surface area contributed by atoms with Gasteiger partial charge < -0.3 is 16.0 Å². The van der Waals surface area contributed by atoms with Crippen molar-refractivity contribution in [3.05, 3.63) is 63.7 Å². The third-order valence-electron chi connectivity index (χ3n) is 4.30. The van der Waals surface area contributed by atoms with Gasteiger partial charge in [-0.15, -0.1) is 0 Å². The van der Waals surface area contributed by atoms with E-state index < -0.39 is 4.92 Å². The van der Waals surface area contributed by atoms with Crippen LogP contribution in [0.15, 0.2) is 42.5 Å². The summed E-state index contributed by atoms with van der Waals surface area (Å²) in [6.07, 6.45) is 1.98. The number of hydrogen-bond donors (Lipinski definition) is 3. The summed E-state index contributed by atoms with van der Waals surface area (Å²) in [5.41, 5.74) is 1.75. The number of nitrogens with one attached hydrogen (secondary N) is 3. The maximum Gasteiger partial charge on any atom is 0.274 e. The highest BCUT2D eigenvalue weighted by molar-refractivity contribution is 6.01. The van der Waals surface area contributed by atoms with Gasteiger partial charge in [0.15, 0.2) is 0 Å². The monoisotopic (exact) mass is 368 g/mol. The molecule has 0 radical (unpaired) electrons. The van der Waals surface area contributed by atoms with Crippen molar-refractivity contribution in [2.75, 3.05) is 17.2 Å². The summed E-state index contributed by atoms with van der Waals surface area (Å²) in [5.74, 6) is -0.536. The number of anilines is 2. The van der Waals surface area contributed by atoms with Crippen molar-refractivity contribution >= 4 is 28.9 Å². The number of para-hydroxylation sites is 1. The number of nitro groups is 1. The molecular weight excluding hydrogens is 348 g/mol. The van der Waals surface area contributed by atoms with Gasteiger partial charge in [-0.05, 0) is 38.0 Å². The van der Waals surface area contributed by atoms with Crippen molar-refractivity contribution < 1.29 is 14.5 Å². The van der Waals surface area contributed by atoms with Crippen LogP contribution in [0.1, 0.15) is 28.8 Å². The lowest BCUT2D eigenvalue weighted by Gasteiger charge is -2.13. The number of benzene rings is 2. The minimum Gasteiger partial charge on any atom is -0.376 e. The van der Waals surface area contributed by atoms with Crippen LogP contribution >= 0.6 is 0 Å². The zero-order valence-corrected chi connectivity index (χ0v) is 14.8. The number of nitrogens with zero attached hydrogens (tertiary/aromatic N) is 1. The minimum atomic E-state index is -0.488. The zero-order valence-electron chi connectivity index (χ0n) is 14.8. The average molecular weight is 368 g/mol. The Morgan fingerprint density at radius 1 is 1.11 bits per heavy atom. The number of carbonyl (C=O) groups is 2. The van der Waals surface area contributed by atoms with Gasteiger partial charge in [-0.3, -0.25) is 19.7 Å². The molecule has 0 atom stereocenters. The molecule has 3 N–H and O–H groups in total. The number of hydrogen-bond acceptors (Lipinski definition) is 5. The van der Waals surface area contributed by atoms with Crippen molar-refractivity contribution in [1.29, 1.82) is 0 Å². The van der Waals surface area contributed by atoms with E-state index in [1.807, 2.05) is 0 Å². The lowest BCUT2D eigenvalue weighted by Crippen LogP contribution is -2.27. The highest BCUT2D eigenvalue weighted by Crippen LogP contribution is 2.25. The Bertz CT molecular complexity index is 893. The molecule has 140 valence electrons. The second-order valence-corrected chi connectivity index (χ2v) is 6.40. The molecular formula is C19H20N4O4. The summed E-state index contributed by atoms with van der Waals surface area (Å²) in [5, 5.41) is 19.5. The van der Waals surface area contributed by atoms with Gasteiger partial charge in [-0.1, -0.05) is 18.2 Å². The van der Waals surface area contributed by atoms with Gasteiger partial charge in [0.1, 0.15) is 0 Å². The molecule has 0 aliphatic heterocycles. The van der Waals surface area contributed by atoms with Crippen LogP contribution in [0.5, 0.6) is 0 Å². The molecule has 1 saturated carbocycles. The van der Waals surface area contributed by atoms with Gasteiger partial charge in [0.05, 0.1) is 28.3 Å². The van der Waals surface area contributed by atoms with Gasteiger partial charge in [0.2, 0.25) is 5.91 Å². The average Bonchev–Trinajstić information content (AvgIpc) is 3.45. The molecule has 2 amide bonds. The van der Waals surface area contributed by atoms with E-state index in [0.717, 1.165) is 12.8 Å². The van der Waals surface area contributed by atoms with E-state index >= 15 is 0 Å². The van der Waals surface area contributed by atoms with E-state index in [2.05, 4.69) is 16.0 Å². The normalized spacial score (nSPS) is 12.9. The second-order valence-electron chi connectivity index (χ2n) is 6.40. The standard InChI is InChI=1S/C19H20N4O4/c1-12-15(7-4-8-17(12)23(26)27)22-18(24)11-20-16-6-3-2-5-14(16)19(25)21-13-9-10-13/h2-8,13,20H,9-11H2,1H3,(H,21,25)(H,22,24). The van der Waals surface area contributed by atoms with Gasteiger partial charge in [-0.25, -0.2) is 0 Å². The zero-order chi connectivity index (χ0) is 19.4. The first-order valence-electron chi connectivity index (χ1n) is 8.63. The quantitative estimate of drug-likeness (QED) is 0.514. The molecule has 1 aliphatic rings. The number of carbonyl (C=O) groups excluding carboxylic acids is 2. The second kappa shape index (κ2) is 7.86. The molecule has 1 fully saturated rings. The van der Waals surface area contributed by atoms with Crippen LogP contribution in [0.25, 0.3) is 0 Å². The highest BCUT2D eigenvalue weighted by atomic mass is 16.6. The van der Waals surface area contributed by atoms with Crippen LogP contribution in [-0.4, -0.2) is 29.3 Å². The fourth-order valence-corrected chi connectivity index (χ4v) is 2.65. The van der Waals surface area contributed by atoms with Gasteiger partial charge in [0, 0.05) is 17.8 Å². The van der Waals surface area contributed by atoms with Crippen LogP contribution < -0.4 is 16.0 Å². The topological polar surface area (TPSA) is 113 Å². The Balaban J connectivity index is 1.64. The van der Waals surface area contributed by atoms with E-state index in [9.17, 15) is 19.7 Å². The van der Waals surface area contributed by atoms with Crippen molar-refractivity contribution in [2.45, 2.75) is 25.8 Å². The Morgan fingerprint density at radius 2 is 1.81 bits per heavy atom. The van der Waals surface area contributed by atoms with E-state index in [4.69, 9.17) is 0 Å². The summed E-state index contributed by atoms with van der Waals surface area (Å²) >= 11 is 0. The van der Waals surface area contributed by atoms with E-state index in [1.54, 1.807) is 37.3 Å². The van der Waals surface area contributed by atoms with Gasteiger partial charge in [-0.2, -0.15) is 0 Å². The number of nitro benzene ring substituents is 1. The fourth-order valence-electron chi connectivity index (χ4n) is 2.65. The van der Waals surface area contributed by atoms with Crippen LogP contribution in [0, 0.1) is 17.0 Å². The summed E-state index contributed by atoms with van der Waals surface area (Å²) in [4.78, 5) is 35.0. The molecule has 8 heteroatoms. The largest absolute Gasteiger partial charge is 0.376 e. The Hall–Kier alpha value is -3.42. The van der Waals surface area contributed by atoms with Crippen molar-refractivity contribution in [3.63, 3.8) is 0 Å². The first kappa shape index (κ1) is 18.4. The lowest BCUT2D eigenvalue weighted by atomic mass is 10.1. The maximum atomic E-state index is 12.3. The lowest BCUT2D eigenvalue weighted by molar-refractivity contribution is -0.385. The summed E-state index contributed by atoms with van der Waals surface area (Å²) in [6.45, 7) is 1.51. The summed E-state index contributed by atoms with van der Waals surface area (Å²) in [7, 11) is 0. The number of amides is 2. The summed E-state index contributed by atoms with van der Waals surface area (Å²) < 4.78 is 0. The molecule has 3 rings (SSSR count). The molecule has 2 aromatic rings. The van der Waals surface area contributed by atoms with Crippen LogP contribution in [0.4, 0.5) is 17.1 Å². The van der Waals surface area contributed by atoms with Crippen molar-refractivity contribution in [3.8, 4) is 0 Å². The molecule has 1 aliphatic carbocycles. The molecule has 0 aromatic heterocycles. The van der Waals surface area contributed by atoms with Crippen molar-refractivity contribution in [2.24, 2.45) is 0 Å². The summed E-state index contributed by atoms with van der Waals surface area (Å²) in [6, 6.07) is 11.7. The fraction of sp³-hybridized carbons (Fsp3) is 0.263. The highest BCUT2D eigenvalue weighted by Gasteiger charge is 2.24. The van der Waals surface area contributed by atoms with Crippen LogP contribution in [0.2, 0.25) is 0 Å². The predicted octanol–water partition coefficient (Wildman–Crippen LogP) is 2.85. The van der Waals surface area contributed by atoms with E-state index in [0.29, 0.717) is 22.5 Å². The minimum absolute atomic E-state index is 0.0529. The molecule has 0 spiro atoms. The van der Waals surface area contributed by atoms with Crippen LogP contribution in [0.3, 0.4) is 0 Å². The SMILES string of the molecule is Cc1c(NC(=O)CNc2ccccc2C(=O)NC2CC2)cccc1[N+](=O)[O-]. The molecule has 8 nitrogen and oxygen atoms in total. The Morgan fingerprint density at radius 3 is 2.52 bits per heavy atom. The Kier molecular flexibility index (Phi) is 5.35. The van der Waals surface area contributed by atoms with Gasteiger partial charge >= 0.3 is 0 Å². The Labute approximate surface area is 156 Å². The molecule has 0 bridgehead atoms. The third kappa shape index (κ3) is 4.60. The predicted molar refractivity (Wildman–Crippen MR) is 102 cm³/mol. The van der Waals surface area contributed by atoms with Gasteiger partial charge in [0.25, 0.3) is 11.6 Å². The maximum absolute atomic E-state index is 12.3. The van der Waals surface area contributed by atoms with E-state index in [-0.39, 0.29) is 30.1 Å². The number of rotatable bonds is 7. The smallest absolute Gasteiger partial charge is 0.274 e. The molecule has 27 heavy (non-hydrogen) atoms. The van der Waals surface area contributed by atoms with E-state index in [1.165, 1.54) is 12.1 Å².